The van der Waals surface area contributed by atoms with Gasteiger partial charge in [0.25, 0.3) is 5.91 Å². The van der Waals surface area contributed by atoms with Crippen LogP contribution in [0.15, 0.2) is 77.2 Å². The van der Waals surface area contributed by atoms with Crippen LogP contribution in [0, 0.1) is 25.2 Å². The highest BCUT2D eigenvalue weighted by atomic mass is 32.2. The summed E-state index contributed by atoms with van der Waals surface area (Å²) >= 11 is 0. The van der Waals surface area contributed by atoms with Gasteiger partial charge in [-0.3, -0.25) is 9.59 Å². The van der Waals surface area contributed by atoms with Crippen LogP contribution in [-0.2, 0) is 19.7 Å². The number of nitriles is 1. The number of benzene rings is 3. The molecule has 0 aliphatic rings. The lowest BCUT2D eigenvalue weighted by Crippen LogP contribution is -2.14. The first-order chi connectivity index (χ1) is 16.6. The molecule has 3 aromatic carbocycles. The summed E-state index contributed by atoms with van der Waals surface area (Å²) in [6.07, 6.45) is 1.26. The van der Waals surface area contributed by atoms with E-state index in [1.54, 1.807) is 24.3 Å². The summed E-state index contributed by atoms with van der Waals surface area (Å²) in [5.74, 6) is -0.973. The molecule has 0 aliphatic heterocycles. The molecule has 8 nitrogen and oxygen atoms in total. The van der Waals surface area contributed by atoms with E-state index in [1.165, 1.54) is 49.4 Å². The molecule has 3 rings (SSSR count). The molecule has 35 heavy (non-hydrogen) atoms. The first kappa shape index (κ1) is 25.2. The van der Waals surface area contributed by atoms with E-state index in [2.05, 4.69) is 10.6 Å². The van der Waals surface area contributed by atoms with Gasteiger partial charge in [0, 0.05) is 23.9 Å². The van der Waals surface area contributed by atoms with Crippen LogP contribution in [0.2, 0.25) is 0 Å². The van der Waals surface area contributed by atoms with Crippen molar-refractivity contribution >= 4 is 39.4 Å². The Hall–Kier alpha value is -4.42. The highest BCUT2D eigenvalue weighted by molar-refractivity contribution is 7.87. The van der Waals surface area contributed by atoms with Crippen LogP contribution in [-0.4, -0.2) is 20.2 Å². The number of hydrogen-bond acceptors (Lipinski definition) is 6. The topological polar surface area (TPSA) is 125 Å². The summed E-state index contributed by atoms with van der Waals surface area (Å²) in [6.45, 7) is 5.20. The fraction of sp³-hybridized carbons (Fsp3) is 0.115. The zero-order chi connectivity index (χ0) is 25.6. The number of carbonyl (C=O) groups is 2. The Labute approximate surface area is 204 Å². The lowest BCUT2D eigenvalue weighted by atomic mass is 10.1. The normalized spacial score (nSPS) is 11.3. The van der Waals surface area contributed by atoms with Crippen LogP contribution >= 0.6 is 0 Å². The zero-order valence-corrected chi connectivity index (χ0v) is 20.1. The van der Waals surface area contributed by atoms with Crippen molar-refractivity contribution in [1.82, 2.24) is 0 Å². The Bertz CT molecular complexity index is 1450. The van der Waals surface area contributed by atoms with Gasteiger partial charge in [-0.1, -0.05) is 24.3 Å². The quantitative estimate of drug-likeness (QED) is 0.284. The van der Waals surface area contributed by atoms with Crippen molar-refractivity contribution in [3.05, 3.63) is 89.0 Å². The van der Waals surface area contributed by atoms with E-state index >= 15 is 0 Å². The fourth-order valence-corrected chi connectivity index (χ4v) is 4.03. The lowest BCUT2D eigenvalue weighted by molar-refractivity contribution is -0.114. The van der Waals surface area contributed by atoms with Crippen molar-refractivity contribution in [2.24, 2.45) is 0 Å². The smallest absolute Gasteiger partial charge is 0.339 e. The predicted molar refractivity (Wildman–Crippen MR) is 133 cm³/mol. The Kier molecular flexibility index (Phi) is 7.69. The molecule has 0 spiro atoms. The maximum atomic E-state index is 12.8. The number of hydrogen-bond donors (Lipinski definition) is 2. The van der Waals surface area contributed by atoms with Gasteiger partial charge < -0.3 is 14.8 Å². The predicted octanol–water partition coefficient (Wildman–Crippen LogP) is 4.58. The standard InChI is InChI=1S/C26H23N3O5S/c1-17-8-9-23(14-18(17)2)29-26(31)21(16-27)15-20-6-4-5-7-25(20)34-35(32,33)24-12-10-22(11-13-24)28-19(3)30/h4-15H,1-3H3,(H,28,30)(H,29,31)/b21-15+. The van der Waals surface area contributed by atoms with E-state index in [1.807, 2.05) is 26.0 Å². The van der Waals surface area contributed by atoms with Crippen molar-refractivity contribution in [3.63, 3.8) is 0 Å². The summed E-state index contributed by atoms with van der Waals surface area (Å²) in [6, 6.07) is 18.9. The van der Waals surface area contributed by atoms with Crippen LogP contribution in [0.1, 0.15) is 23.6 Å². The number of para-hydroxylation sites is 1. The maximum Gasteiger partial charge on any atom is 0.339 e. The second-order valence-electron chi connectivity index (χ2n) is 7.70. The fourth-order valence-electron chi connectivity index (χ4n) is 3.07. The van der Waals surface area contributed by atoms with Gasteiger partial charge in [0.1, 0.15) is 22.3 Å². The zero-order valence-electron chi connectivity index (χ0n) is 19.3. The van der Waals surface area contributed by atoms with Crippen molar-refractivity contribution in [2.45, 2.75) is 25.7 Å². The SMILES string of the molecule is CC(=O)Nc1ccc(S(=O)(=O)Oc2ccccc2/C=C(\C#N)C(=O)Nc2ccc(C)c(C)c2)cc1. The number of nitrogens with one attached hydrogen (secondary N) is 2. The largest absolute Gasteiger partial charge is 0.378 e. The minimum atomic E-state index is -4.23. The molecule has 0 radical (unpaired) electrons. The van der Waals surface area contributed by atoms with Gasteiger partial charge in [0.15, 0.2) is 0 Å². The van der Waals surface area contributed by atoms with Crippen LogP contribution < -0.4 is 14.8 Å². The summed E-state index contributed by atoms with van der Waals surface area (Å²) in [5.41, 5.74) is 3.03. The van der Waals surface area contributed by atoms with E-state index in [9.17, 15) is 23.3 Å². The maximum absolute atomic E-state index is 12.8. The van der Waals surface area contributed by atoms with Gasteiger partial charge in [-0.2, -0.15) is 13.7 Å². The van der Waals surface area contributed by atoms with E-state index in [0.29, 0.717) is 11.4 Å². The molecule has 0 saturated heterocycles. The van der Waals surface area contributed by atoms with Gasteiger partial charge >= 0.3 is 10.1 Å². The third-order valence-corrected chi connectivity index (χ3v) is 6.26. The molecule has 0 heterocycles. The lowest BCUT2D eigenvalue weighted by Gasteiger charge is -2.11. The molecule has 0 saturated carbocycles. The van der Waals surface area contributed by atoms with Crippen molar-refractivity contribution in [2.75, 3.05) is 10.6 Å². The van der Waals surface area contributed by atoms with Crippen molar-refractivity contribution in [1.29, 1.82) is 5.26 Å². The average Bonchev–Trinajstić information content (AvgIpc) is 2.80. The monoisotopic (exact) mass is 489 g/mol. The molecule has 0 aliphatic carbocycles. The minimum absolute atomic E-state index is 0.0508. The molecular formula is C26H23N3O5S. The van der Waals surface area contributed by atoms with Crippen LogP contribution in [0.4, 0.5) is 11.4 Å². The van der Waals surface area contributed by atoms with Gasteiger partial charge in [-0.15, -0.1) is 0 Å². The van der Waals surface area contributed by atoms with Gasteiger partial charge in [-0.05, 0) is 73.5 Å². The van der Waals surface area contributed by atoms with E-state index in [0.717, 1.165) is 11.1 Å². The van der Waals surface area contributed by atoms with E-state index < -0.39 is 16.0 Å². The second-order valence-corrected chi connectivity index (χ2v) is 9.25. The highest BCUT2D eigenvalue weighted by Crippen LogP contribution is 2.26. The first-order valence-electron chi connectivity index (χ1n) is 10.5. The first-order valence-corrected chi connectivity index (χ1v) is 11.9. The molecular weight excluding hydrogens is 466 g/mol. The molecule has 3 aromatic rings. The van der Waals surface area contributed by atoms with Gasteiger partial charge in [0.2, 0.25) is 5.91 Å². The molecule has 9 heteroatoms. The molecule has 0 aromatic heterocycles. The Balaban J connectivity index is 1.85. The van der Waals surface area contributed by atoms with Crippen LogP contribution in [0.25, 0.3) is 6.08 Å². The Morgan fingerprint density at radius 2 is 1.57 bits per heavy atom. The molecule has 2 amide bonds. The summed E-state index contributed by atoms with van der Waals surface area (Å²) in [7, 11) is -4.23. The molecule has 0 unspecified atom stereocenters. The third kappa shape index (κ3) is 6.56. The third-order valence-electron chi connectivity index (χ3n) is 5.01. The van der Waals surface area contributed by atoms with Crippen LogP contribution in [0.5, 0.6) is 5.75 Å². The summed E-state index contributed by atoms with van der Waals surface area (Å²) in [4.78, 5) is 23.7. The number of aryl methyl sites for hydroxylation is 2. The average molecular weight is 490 g/mol. The summed E-state index contributed by atoms with van der Waals surface area (Å²) < 4.78 is 30.9. The van der Waals surface area contributed by atoms with Crippen LogP contribution in [0.3, 0.4) is 0 Å². The van der Waals surface area contributed by atoms with Gasteiger partial charge in [-0.25, -0.2) is 0 Å². The number of anilines is 2. The minimum Gasteiger partial charge on any atom is -0.378 e. The summed E-state index contributed by atoms with van der Waals surface area (Å²) in [5, 5.41) is 14.8. The Morgan fingerprint density at radius 3 is 2.20 bits per heavy atom. The van der Waals surface area contributed by atoms with Crippen molar-refractivity contribution < 1.29 is 22.2 Å². The molecule has 178 valence electrons. The van der Waals surface area contributed by atoms with Gasteiger partial charge in [0.05, 0.1) is 0 Å². The van der Waals surface area contributed by atoms with E-state index in [4.69, 9.17) is 4.18 Å². The second kappa shape index (κ2) is 10.7. The molecule has 2 N–H and O–H groups in total. The molecule has 0 fully saturated rings. The number of nitrogens with zero attached hydrogens (tertiary/aromatic N) is 1. The van der Waals surface area contributed by atoms with E-state index in [-0.39, 0.29) is 27.7 Å². The number of carbonyl (C=O) groups excluding carboxylic acids is 2. The molecule has 0 bridgehead atoms. The number of rotatable bonds is 7. The highest BCUT2D eigenvalue weighted by Gasteiger charge is 2.19. The Morgan fingerprint density at radius 1 is 0.914 bits per heavy atom. The van der Waals surface area contributed by atoms with Crippen molar-refractivity contribution in [3.8, 4) is 11.8 Å². The number of amides is 2. The molecule has 0 atom stereocenters.